The summed E-state index contributed by atoms with van der Waals surface area (Å²) in [6.07, 6.45) is -7.03. The highest BCUT2D eigenvalue weighted by molar-refractivity contribution is 8.03. The first-order chi connectivity index (χ1) is 36.4. The lowest BCUT2D eigenvalue weighted by Crippen LogP contribution is -2.68. The zero-order valence-corrected chi connectivity index (χ0v) is 41.2. The number of nitro groups is 3. The Kier molecular flexibility index (Phi) is 15.4. The van der Waals surface area contributed by atoms with Crippen molar-refractivity contribution in [1.29, 1.82) is 0 Å². The maximum Gasteiger partial charge on any atom is 0.453 e. The number of carbonyl (C=O) groups is 6. The largest absolute Gasteiger partial charge is 0.477 e. The normalized spacial score (nSPS) is 22.2. The number of amides is 5. The van der Waals surface area contributed by atoms with Crippen molar-refractivity contribution in [2.75, 3.05) is 19.6 Å². The summed E-state index contributed by atoms with van der Waals surface area (Å²) >= 11 is 0.919. The van der Waals surface area contributed by atoms with Crippen LogP contribution in [0.15, 0.2) is 83.4 Å². The van der Waals surface area contributed by atoms with Crippen LogP contribution in [0.25, 0.3) is 0 Å². The second-order valence-electron chi connectivity index (χ2n) is 18.7. The van der Waals surface area contributed by atoms with Gasteiger partial charge in [-0.1, -0.05) is 25.1 Å². The maximum atomic E-state index is 14.6. The monoisotopic (exact) mass is 1090 g/mol. The van der Waals surface area contributed by atoms with Gasteiger partial charge in [0.1, 0.15) is 31.5 Å². The van der Waals surface area contributed by atoms with Gasteiger partial charge >= 0.3 is 24.3 Å². The number of non-ortho nitro benzene ring substituents is 2. The number of fused-ring (bicyclic) bond motifs is 1. The Morgan fingerprint density at radius 1 is 0.909 bits per heavy atom. The van der Waals surface area contributed by atoms with Gasteiger partial charge in [-0.15, -0.1) is 16.9 Å². The number of rotatable bonds is 18. The molecule has 4 aliphatic heterocycles. The third kappa shape index (κ3) is 11.4. The molecular weight excluding hydrogens is 1050 g/mol. The summed E-state index contributed by atoms with van der Waals surface area (Å²) in [5.74, 6) is -6.83. The number of carboxylic acids is 1. The number of carboxylic acid groups (broad SMARTS) is 1. The van der Waals surface area contributed by atoms with E-state index in [0.29, 0.717) is 11.1 Å². The van der Waals surface area contributed by atoms with Gasteiger partial charge in [0.15, 0.2) is 0 Å². The molecule has 0 spiro atoms. The Morgan fingerprint density at radius 2 is 1.53 bits per heavy atom. The molecule has 0 bridgehead atoms. The van der Waals surface area contributed by atoms with Crippen molar-refractivity contribution in [2.45, 2.75) is 88.5 Å². The van der Waals surface area contributed by atoms with Crippen LogP contribution in [0.3, 0.4) is 0 Å². The number of hydrogen-bond donors (Lipinski definition) is 3. The molecule has 31 heteroatoms. The number of alkyl carbamates (subject to hydrolysis) is 1. The summed E-state index contributed by atoms with van der Waals surface area (Å²) in [6, 6.07) is 11.9. The van der Waals surface area contributed by atoms with Gasteiger partial charge in [0.25, 0.3) is 22.9 Å². The number of likely N-dealkylation sites (tertiary alicyclic amines) is 2. The lowest BCUT2D eigenvalue weighted by Gasteiger charge is -2.52. The number of nitrogens with zero attached hydrogens (tertiary/aromatic N) is 10. The molecule has 7 atom stereocenters. The number of halogens is 3. The van der Waals surface area contributed by atoms with Gasteiger partial charge in [-0.2, -0.15) is 13.2 Å². The molecule has 4 aromatic rings. The van der Waals surface area contributed by atoms with Gasteiger partial charge in [-0.3, -0.25) is 49.6 Å². The van der Waals surface area contributed by atoms with E-state index in [1.807, 2.05) is 0 Å². The molecule has 406 valence electrons. The Balaban J connectivity index is 1.05. The summed E-state index contributed by atoms with van der Waals surface area (Å²) in [6.45, 7) is 1.12. The van der Waals surface area contributed by atoms with Crippen molar-refractivity contribution in [3.05, 3.63) is 136 Å². The van der Waals surface area contributed by atoms with Crippen LogP contribution in [0, 0.1) is 41.7 Å². The molecule has 1 aromatic heterocycles. The van der Waals surface area contributed by atoms with Crippen LogP contribution in [0.4, 0.5) is 39.8 Å². The minimum atomic E-state index is -5.02. The van der Waals surface area contributed by atoms with Crippen molar-refractivity contribution in [1.82, 2.24) is 45.5 Å². The number of alkyl halides is 3. The molecule has 3 saturated heterocycles. The fraction of sp³-hybridized carbons (Fsp3) is 0.413. The first-order valence-corrected chi connectivity index (χ1v) is 24.3. The number of hydrogen-bond acceptors (Lipinski definition) is 18. The van der Waals surface area contributed by atoms with Gasteiger partial charge in [-0.25, -0.2) is 19.1 Å². The lowest BCUT2D eigenvalue weighted by molar-refractivity contribution is -0.385. The summed E-state index contributed by atoms with van der Waals surface area (Å²) in [5, 5.41) is 59.0. The molecule has 0 saturated carbocycles. The quantitative estimate of drug-likeness (QED) is 0.0708. The van der Waals surface area contributed by atoms with Gasteiger partial charge in [0.2, 0.25) is 17.7 Å². The molecular formula is C46H45F3N12O15S. The fourth-order valence-electron chi connectivity index (χ4n) is 10.1. The minimum Gasteiger partial charge on any atom is -0.477 e. The smallest absolute Gasteiger partial charge is 0.453 e. The topological polar surface area (TPSA) is 348 Å². The molecule has 4 aliphatic rings. The molecule has 5 amide bonds. The van der Waals surface area contributed by atoms with E-state index in [1.165, 1.54) is 84.6 Å². The number of aromatic nitrogens is 4. The first-order valence-electron chi connectivity index (χ1n) is 23.4. The molecule has 3 fully saturated rings. The molecule has 77 heavy (non-hydrogen) atoms. The lowest BCUT2D eigenvalue weighted by atomic mass is 9.67. The summed E-state index contributed by atoms with van der Waals surface area (Å²) in [7, 11) is 0. The average Bonchev–Trinajstić information content (AvgIpc) is 4.37. The molecule has 8 rings (SSSR count). The van der Waals surface area contributed by atoms with Crippen LogP contribution >= 0.6 is 11.8 Å². The number of carbonyl (C=O) groups excluding carboxylic acids is 5. The second-order valence-corrected chi connectivity index (χ2v) is 20.0. The Bertz CT molecular complexity index is 3070. The molecule has 3 aromatic carbocycles. The predicted molar refractivity (Wildman–Crippen MR) is 255 cm³/mol. The van der Waals surface area contributed by atoms with Gasteiger partial charge in [0.05, 0.1) is 32.8 Å². The van der Waals surface area contributed by atoms with Crippen LogP contribution < -0.4 is 10.6 Å². The van der Waals surface area contributed by atoms with E-state index in [2.05, 4.69) is 26.2 Å². The molecule has 5 heterocycles. The highest BCUT2D eigenvalue weighted by Gasteiger charge is 2.67. The first kappa shape index (κ1) is 54.5. The van der Waals surface area contributed by atoms with E-state index >= 15 is 0 Å². The second kappa shape index (κ2) is 21.8. The molecule has 0 unspecified atom stereocenters. The fourth-order valence-corrected chi connectivity index (χ4v) is 11.7. The molecule has 27 nitrogen and oxygen atoms in total. The number of aliphatic carboxylic acids is 1. The number of ether oxygens (including phenoxy) is 2. The van der Waals surface area contributed by atoms with Crippen LogP contribution in [0.5, 0.6) is 0 Å². The zero-order valence-electron chi connectivity index (χ0n) is 40.4. The number of nitrogens with one attached hydrogen (secondary N) is 2. The van der Waals surface area contributed by atoms with E-state index in [9.17, 15) is 77.4 Å². The molecule has 3 N–H and O–H groups in total. The van der Waals surface area contributed by atoms with Crippen molar-refractivity contribution < 1.29 is 71.3 Å². The average molecular weight is 1090 g/mol. The summed E-state index contributed by atoms with van der Waals surface area (Å²) in [4.78, 5) is 119. The van der Waals surface area contributed by atoms with Gasteiger partial charge in [-0.05, 0) is 72.0 Å². The molecule has 0 radical (unpaired) electrons. The number of benzene rings is 3. The third-order valence-corrected chi connectivity index (χ3v) is 15.2. The van der Waals surface area contributed by atoms with Crippen LogP contribution in [0.2, 0.25) is 0 Å². The highest BCUT2D eigenvalue weighted by atomic mass is 32.2. The minimum absolute atomic E-state index is 0.0287. The van der Waals surface area contributed by atoms with Crippen molar-refractivity contribution >= 4 is 64.7 Å². The van der Waals surface area contributed by atoms with Crippen molar-refractivity contribution in [2.24, 2.45) is 11.3 Å². The highest BCUT2D eigenvalue weighted by Crippen LogP contribution is 2.60. The summed E-state index contributed by atoms with van der Waals surface area (Å²) < 4.78 is 51.8. The van der Waals surface area contributed by atoms with E-state index < -0.39 is 116 Å². The Morgan fingerprint density at radius 3 is 2.13 bits per heavy atom. The van der Waals surface area contributed by atoms with E-state index in [4.69, 9.17) is 9.47 Å². The number of nitro benzene ring substituents is 3. The van der Waals surface area contributed by atoms with E-state index in [0.717, 1.165) is 21.6 Å². The zero-order chi connectivity index (χ0) is 55.7. The molecule has 0 aliphatic carbocycles. The number of thioether (sulfide) groups is 1. The van der Waals surface area contributed by atoms with Crippen LogP contribution in [0.1, 0.15) is 49.2 Å². The van der Waals surface area contributed by atoms with E-state index in [1.54, 1.807) is 6.92 Å². The van der Waals surface area contributed by atoms with E-state index in [-0.39, 0.29) is 84.3 Å². The van der Waals surface area contributed by atoms with Crippen molar-refractivity contribution in [3.63, 3.8) is 0 Å². The van der Waals surface area contributed by atoms with Gasteiger partial charge < -0.3 is 35.0 Å². The van der Waals surface area contributed by atoms with Gasteiger partial charge in [0, 0.05) is 77.1 Å². The van der Waals surface area contributed by atoms with Crippen molar-refractivity contribution in [3.8, 4) is 0 Å². The number of para-hydroxylation sites is 1. The Hall–Kier alpha value is -8.77. The van der Waals surface area contributed by atoms with Crippen LogP contribution in [-0.4, -0.2) is 140 Å². The third-order valence-electron chi connectivity index (χ3n) is 13.6. The SMILES string of the molecule is C[C@@H](NC(=O)Cn1nnnc1C(F)(F)F)[C@H]1C(=O)N2C(C(=O)O)=C(S[C@H]3C[C@@H](C(=O)N4CC[C@@H](NC(=O)OCc5ccc([N+](=O)[O-])cc5)C4)N(C(=O)OCc4ccc([N+](=O)[O-])cc4)C3)[C@](C)(Cc3ccccc3[N+](=O)[O-])[C@H]12. The summed E-state index contributed by atoms with van der Waals surface area (Å²) in [5.41, 5.74) is -1.82. The standard InChI is InChI=1S/C46H45F3N12O15S/c1-24(50-34(62)21-57-42(46(47,48)49)52-53-54-57)35-37-45(2,18-27-5-3-4-6-32(27)61(73)74)38(36(41(65)66)58(37)40(35)64)77-31-17-33(56(20-31)44(68)76-23-26-9-13-30(14-10-26)60(71)72)39(63)55-16-15-28(19-55)51-43(67)75-22-25-7-11-29(12-8-25)59(69)70/h3-14,24,28,31,33,35,37H,15-23H2,1-2H3,(H,50,62)(H,51,67)(H,65,66)/t24-,28-,31+,33+,35-,37+,45-/m1/s1. The number of β-lactam (4-membered cyclic amide) rings is 1. The number of tetrazole rings is 1. The maximum absolute atomic E-state index is 14.6. The van der Waals surface area contributed by atoms with Crippen LogP contribution in [-0.2, 0) is 61.0 Å². The predicted octanol–water partition coefficient (Wildman–Crippen LogP) is 4.35. The Labute approximate surface area is 436 Å².